The van der Waals surface area contributed by atoms with E-state index in [1.54, 1.807) is 41.6 Å². The van der Waals surface area contributed by atoms with Gasteiger partial charge in [-0.25, -0.2) is 0 Å². The molecule has 4 aromatic rings. The molecule has 0 bridgehead atoms. The molecular weight excluding hydrogens is 450 g/mol. The number of rotatable bonds is 5. The van der Waals surface area contributed by atoms with Gasteiger partial charge in [0.2, 0.25) is 0 Å². The first-order valence-corrected chi connectivity index (χ1v) is 12.6. The highest BCUT2D eigenvalue weighted by atomic mass is 32.2. The monoisotopic (exact) mass is 473 g/mol. The molecule has 1 aromatic carbocycles. The number of nitrogens with zero attached hydrogens (tertiary/aromatic N) is 2. The Morgan fingerprint density at radius 3 is 2.79 bits per heavy atom. The van der Waals surface area contributed by atoms with Crippen molar-refractivity contribution in [3.05, 3.63) is 110 Å². The number of pyridine rings is 2. The second-order valence-electron chi connectivity index (χ2n) is 8.00. The predicted octanol–water partition coefficient (Wildman–Crippen LogP) is 4.96. The van der Waals surface area contributed by atoms with Crippen molar-refractivity contribution in [2.45, 2.75) is 29.9 Å². The number of aryl methyl sites for hydroxylation is 1. The molecule has 4 heterocycles. The van der Waals surface area contributed by atoms with Crippen LogP contribution in [0, 0.1) is 6.92 Å². The highest BCUT2D eigenvalue weighted by molar-refractivity contribution is 7.99. The molecule has 0 spiro atoms. The van der Waals surface area contributed by atoms with Crippen molar-refractivity contribution in [1.82, 2.24) is 14.9 Å². The van der Waals surface area contributed by atoms with Crippen molar-refractivity contribution in [2.24, 2.45) is 0 Å². The van der Waals surface area contributed by atoms with E-state index >= 15 is 0 Å². The smallest absolute Gasteiger partial charge is 0.257 e. The van der Waals surface area contributed by atoms with Gasteiger partial charge in [0.05, 0.1) is 5.69 Å². The predicted molar refractivity (Wildman–Crippen MR) is 134 cm³/mol. The zero-order chi connectivity index (χ0) is 22.8. The van der Waals surface area contributed by atoms with E-state index in [2.05, 4.69) is 43.8 Å². The van der Waals surface area contributed by atoms with Gasteiger partial charge in [0.15, 0.2) is 5.43 Å². The third-order valence-electron chi connectivity index (χ3n) is 5.84. The first-order valence-electron chi connectivity index (χ1n) is 10.8. The number of amides is 1. The van der Waals surface area contributed by atoms with Crippen LogP contribution in [0.15, 0.2) is 81.4 Å². The van der Waals surface area contributed by atoms with Crippen LogP contribution in [0.2, 0.25) is 0 Å². The first-order chi connectivity index (χ1) is 16.1. The van der Waals surface area contributed by atoms with Crippen molar-refractivity contribution in [1.29, 1.82) is 0 Å². The van der Waals surface area contributed by atoms with E-state index in [-0.39, 0.29) is 22.1 Å². The Morgan fingerprint density at radius 1 is 1.18 bits per heavy atom. The molecule has 0 aliphatic carbocycles. The molecule has 1 amide bonds. The van der Waals surface area contributed by atoms with E-state index in [4.69, 9.17) is 0 Å². The molecule has 0 fully saturated rings. The Balaban J connectivity index is 1.55. The summed E-state index contributed by atoms with van der Waals surface area (Å²) in [6, 6.07) is 15.8. The van der Waals surface area contributed by atoms with Gasteiger partial charge in [0.1, 0.15) is 5.56 Å². The summed E-state index contributed by atoms with van der Waals surface area (Å²) in [6.45, 7) is 2.39. The summed E-state index contributed by atoms with van der Waals surface area (Å²) in [5, 5.41) is 7.32. The molecule has 1 N–H and O–H groups in total. The third-order valence-corrected chi connectivity index (χ3v) is 7.87. The third kappa shape index (κ3) is 4.38. The molecule has 0 saturated heterocycles. The van der Waals surface area contributed by atoms with Crippen LogP contribution in [0.4, 0.5) is 0 Å². The Bertz CT molecular complexity index is 1350. The van der Waals surface area contributed by atoms with Crippen LogP contribution in [0.1, 0.15) is 38.1 Å². The molecule has 7 heteroatoms. The summed E-state index contributed by atoms with van der Waals surface area (Å²) in [5.41, 5.74) is 4.94. The standard InChI is InChI=1S/C26H23N3O2S2/c1-17-14-22(30)25(26(31)28-12-8-18-6-10-27-11-7-18)21-15-24(19-9-13-32-16-19)33-23-5-3-2-4-20(23)29(17)21/h2-7,9-11,13-14,16,24H,8,12,15H2,1H3,(H,28,31). The number of benzene rings is 1. The summed E-state index contributed by atoms with van der Waals surface area (Å²) < 4.78 is 2.09. The van der Waals surface area contributed by atoms with E-state index in [0.717, 1.165) is 27.5 Å². The van der Waals surface area contributed by atoms with Gasteiger partial charge in [-0.15, -0.1) is 11.8 Å². The van der Waals surface area contributed by atoms with E-state index < -0.39 is 0 Å². The molecule has 33 heavy (non-hydrogen) atoms. The van der Waals surface area contributed by atoms with E-state index in [9.17, 15) is 9.59 Å². The lowest BCUT2D eigenvalue weighted by molar-refractivity contribution is 0.0951. The number of aromatic nitrogens is 2. The molecule has 1 aliphatic rings. The molecule has 3 aromatic heterocycles. The maximum absolute atomic E-state index is 13.3. The van der Waals surface area contributed by atoms with Crippen molar-refractivity contribution in [3.63, 3.8) is 0 Å². The summed E-state index contributed by atoms with van der Waals surface area (Å²) in [5.74, 6) is -0.314. The fourth-order valence-corrected chi connectivity index (χ4v) is 6.35. The summed E-state index contributed by atoms with van der Waals surface area (Å²) in [6.07, 6.45) is 4.76. The van der Waals surface area contributed by atoms with E-state index in [0.29, 0.717) is 19.4 Å². The van der Waals surface area contributed by atoms with E-state index in [1.165, 1.54) is 5.56 Å². The van der Waals surface area contributed by atoms with Gasteiger partial charge in [0, 0.05) is 53.0 Å². The highest BCUT2D eigenvalue weighted by Crippen LogP contribution is 2.44. The van der Waals surface area contributed by atoms with Crippen LogP contribution in [0.25, 0.3) is 5.69 Å². The zero-order valence-electron chi connectivity index (χ0n) is 18.2. The molecule has 5 nitrogen and oxygen atoms in total. The first kappa shape index (κ1) is 21.7. The lowest BCUT2D eigenvalue weighted by Crippen LogP contribution is -2.33. The number of hydrogen-bond acceptors (Lipinski definition) is 5. The quantitative estimate of drug-likeness (QED) is 0.445. The number of hydrogen-bond donors (Lipinski definition) is 1. The second-order valence-corrected chi connectivity index (χ2v) is 10.0. The maximum atomic E-state index is 13.3. The zero-order valence-corrected chi connectivity index (χ0v) is 19.8. The summed E-state index contributed by atoms with van der Waals surface area (Å²) >= 11 is 3.45. The number of thiophene rings is 1. The molecule has 1 unspecified atom stereocenters. The Labute approximate surface area is 200 Å². The van der Waals surface area contributed by atoms with Gasteiger partial charge in [-0.3, -0.25) is 14.6 Å². The average molecular weight is 474 g/mol. The van der Waals surface area contributed by atoms with Crippen LogP contribution in [0.5, 0.6) is 0 Å². The van der Waals surface area contributed by atoms with Crippen molar-refractivity contribution in [3.8, 4) is 5.69 Å². The number of para-hydroxylation sites is 1. The highest BCUT2D eigenvalue weighted by Gasteiger charge is 2.29. The lowest BCUT2D eigenvalue weighted by Gasteiger charge is -2.20. The molecule has 0 radical (unpaired) electrons. The number of fused-ring (bicyclic) bond motifs is 3. The Kier molecular flexibility index (Phi) is 6.15. The van der Waals surface area contributed by atoms with Gasteiger partial charge in [-0.1, -0.05) is 12.1 Å². The van der Waals surface area contributed by atoms with E-state index in [1.807, 2.05) is 31.2 Å². The molecule has 0 saturated carbocycles. The average Bonchev–Trinajstić information content (AvgIpc) is 3.29. The SMILES string of the molecule is Cc1cc(=O)c(C(=O)NCCc2ccncc2)c2n1-c1ccccc1SC(c1ccsc1)C2. The fourth-order valence-electron chi connectivity index (χ4n) is 4.28. The van der Waals surface area contributed by atoms with Gasteiger partial charge in [-0.05, 0) is 65.6 Å². The Hall–Kier alpha value is -3.16. The number of carbonyl (C=O) groups excluding carboxylic acids is 1. The van der Waals surface area contributed by atoms with Gasteiger partial charge in [-0.2, -0.15) is 11.3 Å². The van der Waals surface area contributed by atoms with Crippen molar-refractivity contribution >= 4 is 29.0 Å². The van der Waals surface area contributed by atoms with Crippen molar-refractivity contribution < 1.29 is 4.79 Å². The van der Waals surface area contributed by atoms with Gasteiger partial charge >= 0.3 is 0 Å². The molecule has 1 aliphatic heterocycles. The largest absolute Gasteiger partial charge is 0.352 e. The maximum Gasteiger partial charge on any atom is 0.257 e. The minimum Gasteiger partial charge on any atom is -0.352 e. The molecule has 5 rings (SSSR count). The van der Waals surface area contributed by atoms with Crippen molar-refractivity contribution in [2.75, 3.05) is 6.54 Å². The van der Waals surface area contributed by atoms with Crippen LogP contribution in [-0.4, -0.2) is 22.0 Å². The second kappa shape index (κ2) is 9.37. The molecule has 166 valence electrons. The summed E-state index contributed by atoms with van der Waals surface area (Å²) in [7, 11) is 0. The molecule has 1 atom stereocenters. The minimum atomic E-state index is -0.314. The fraction of sp³-hybridized carbons (Fsp3) is 0.192. The van der Waals surface area contributed by atoms with Crippen LogP contribution in [0.3, 0.4) is 0 Å². The van der Waals surface area contributed by atoms with Crippen LogP contribution in [-0.2, 0) is 12.8 Å². The van der Waals surface area contributed by atoms with Crippen LogP contribution >= 0.6 is 23.1 Å². The normalized spacial score (nSPS) is 14.8. The number of thioether (sulfide) groups is 1. The van der Waals surface area contributed by atoms with Gasteiger partial charge in [0.25, 0.3) is 5.91 Å². The van der Waals surface area contributed by atoms with Crippen LogP contribution < -0.4 is 10.7 Å². The number of nitrogens with one attached hydrogen (secondary N) is 1. The summed E-state index contributed by atoms with van der Waals surface area (Å²) in [4.78, 5) is 31.6. The minimum absolute atomic E-state index is 0.121. The van der Waals surface area contributed by atoms with Gasteiger partial charge < -0.3 is 9.88 Å². The topological polar surface area (TPSA) is 64.0 Å². The Morgan fingerprint density at radius 2 is 2.00 bits per heavy atom. The number of carbonyl (C=O) groups is 1. The molecular formula is C26H23N3O2S2. The lowest BCUT2D eigenvalue weighted by atomic mass is 10.0.